The first-order valence-corrected chi connectivity index (χ1v) is 10.9. The van der Waals surface area contributed by atoms with Crippen LogP contribution in [0.1, 0.15) is 22.3 Å². The second-order valence-corrected chi connectivity index (χ2v) is 8.42. The first kappa shape index (κ1) is 20.5. The van der Waals surface area contributed by atoms with E-state index in [4.69, 9.17) is 26.2 Å². The average molecular weight is 447 g/mol. The van der Waals surface area contributed by atoms with Gasteiger partial charge in [0, 0.05) is 11.2 Å². The van der Waals surface area contributed by atoms with Gasteiger partial charge in [0.1, 0.15) is 5.75 Å². The van der Waals surface area contributed by atoms with Crippen LogP contribution in [0, 0.1) is 13.8 Å². The van der Waals surface area contributed by atoms with Crippen molar-refractivity contribution in [3.05, 3.63) is 94.1 Å². The largest absolute Gasteiger partial charge is 0.437 e. The lowest BCUT2D eigenvalue weighted by Gasteiger charge is -2.23. The molecule has 1 N–H and O–H groups in total. The normalized spacial score (nSPS) is 16.0. The number of hydrogen-bond acceptors (Lipinski definition) is 5. The Hall–Kier alpha value is -3.35. The highest BCUT2D eigenvalue weighted by molar-refractivity contribution is 6.30. The summed E-state index contributed by atoms with van der Waals surface area (Å²) >= 11 is 6.13. The van der Waals surface area contributed by atoms with E-state index in [2.05, 4.69) is 42.6 Å². The van der Waals surface area contributed by atoms with Gasteiger partial charge in [-0.3, -0.25) is 9.83 Å². The van der Waals surface area contributed by atoms with Crippen LogP contribution in [0.15, 0.2) is 71.9 Å². The summed E-state index contributed by atoms with van der Waals surface area (Å²) in [5.74, 6) is 1.61. The standard InChI is InChI=1S/C25H23ClN4O2/c1-16-8-9-18(17(2)11-16)12-20-15-31-29-24(27-20)23-14-21-6-4-10-30(21)28-25(23)32-22-7-3-5-19(26)13-22/h3-11,13-14,20H,12,15H2,1-2H3,(H,27,29). The van der Waals surface area contributed by atoms with E-state index >= 15 is 0 Å². The van der Waals surface area contributed by atoms with Crippen LogP contribution in [-0.2, 0) is 11.3 Å². The third-order valence-corrected chi connectivity index (χ3v) is 5.69. The quantitative estimate of drug-likeness (QED) is 0.452. The van der Waals surface area contributed by atoms with Gasteiger partial charge in [-0.1, -0.05) is 41.4 Å². The zero-order valence-corrected chi connectivity index (χ0v) is 18.6. The van der Waals surface area contributed by atoms with Gasteiger partial charge in [0.15, 0.2) is 5.84 Å². The minimum Gasteiger partial charge on any atom is -0.437 e. The fourth-order valence-electron chi connectivity index (χ4n) is 3.85. The van der Waals surface area contributed by atoms with Gasteiger partial charge in [0.05, 0.1) is 23.7 Å². The highest BCUT2D eigenvalue weighted by atomic mass is 35.5. The maximum Gasteiger partial charge on any atom is 0.248 e. The molecule has 0 spiro atoms. The summed E-state index contributed by atoms with van der Waals surface area (Å²) in [5.41, 5.74) is 8.41. The summed E-state index contributed by atoms with van der Waals surface area (Å²) in [6.45, 7) is 4.73. The van der Waals surface area contributed by atoms with Gasteiger partial charge >= 0.3 is 0 Å². The Balaban J connectivity index is 1.50. The summed E-state index contributed by atoms with van der Waals surface area (Å²) in [6, 6.07) is 19.6. The molecule has 0 saturated carbocycles. The molecule has 32 heavy (non-hydrogen) atoms. The number of fused-ring (bicyclic) bond motifs is 1. The Morgan fingerprint density at radius 3 is 2.88 bits per heavy atom. The van der Waals surface area contributed by atoms with Gasteiger partial charge in [0.2, 0.25) is 5.88 Å². The molecule has 2 aromatic heterocycles. The number of aryl methyl sites for hydroxylation is 2. The molecule has 162 valence electrons. The Kier molecular flexibility index (Phi) is 5.55. The number of hydroxylamine groups is 1. The smallest absolute Gasteiger partial charge is 0.248 e. The molecular weight excluding hydrogens is 424 g/mol. The van der Waals surface area contributed by atoms with E-state index in [1.807, 2.05) is 36.5 Å². The number of nitrogens with zero attached hydrogens (tertiary/aromatic N) is 3. The average Bonchev–Trinajstić information content (AvgIpc) is 3.23. The summed E-state index contributed by atoms with van der Waals surface area (Å²) < 4.78 is 7.88. The van der Waals surface area contributed by atoms with E-state index in [1.54, 1.807) is 16.6 Å². The number of rotatable bonds is 5. The number of benzene rings is 2. The molecule has 1 unspecified atom stereocenters. The monoisotopic (exact) mass is 446 g/mol. The van der Waals surface area contributed by atoms with Crippen LogP contribution in [0.2, 0.25) is 5.02 Å². The molecule has 1 aliphatic rings. The first-order valence-electron chi connectivity index (χ1n) is 10.5. The van der Waals surface area contributed by atoms with Gasteiger partial charge < -0.3 is 4.74 Å². The van der Waals surface area contributed by atoms with Crippen LogP contribution in [-0.4, -0.2) is 28.1 Å². The molecule has 0 radical (unpaired) electrons. The number of hydrogen-bond donors (Lipinski definition) is 1. The van der Waals surface area contributed by atoms with Crippen LogP contribution in [0.3, 0.4) is 0 Å². The van der Waals surface area contributed by atoms with Crippen LogP contribution >= 0.6 is 11.6 Å². The van der Waals surface area contributed by atoms with E-state index in [1.165, 1.54) is 16.7 Å². The summed E-state index contributed by atoms with van der Waals surface area (Å²) in [7, 11) is 0. The van der Waals surface area contributed by atoms with Crippen LogP contribution in [0.4, 0.5) is 0 Å². The van der Waals surface area contributed by atoms with Crippen molar-refractivity contribution >= 4 is 23.0 Å². The van der Waals surface area contributed by atoms with E-state index in [-0.39, 0.29) is 6.04 Å². The van der Waals surface area contributed by atoms with Gasteiger partial charge in [-0.2, -0.15) is 0 Å². The number of nitrogens with one attached hydrogen (secondary N) is 1. The van der Waals surface area contributed by atoms with Crippen molar-refractivity contribution in [2.75, 3.05) is 6.61 Å². The molecule has 0 saturated heterocycles. The number of halogens is 1. The van der Waals surface area contributed by atoms with Crippen molar-refractivity contribution in [3.8, 4) is 11.6 Å². The Morgan fingerprint density at radius 2 is 2.03 bits per heavy atom. The predicted octanol–water partition coefficient (Wildman–Crippen LogP) is 5.29. The van der Waals surface area contributed by atoms with Crippen molar-refractivity contribution in [1.82, 2.24) is 15.1 Å². The molecule has 0 bridgehead atoms. The molecule has 7 heteroatoms. The SMILES string of the molecule is Cc1ccc(CC2CONC(c3cc4cccn4nc3Oc3cccc(Cl)c3)=N2)c(C)c1. The molecule has 0 aliphatic carbocycles. The van der Waals surface area contributed by atoms with Gasteiger partial charge in [-0.15, -0.1) is 5.10 Å². The van der Waals surface area contributed by atoms with E-state index in [0.717, 1.165) is 17.5 Å². The molecule has 3 heterocycles. The van der Waals surface area contributed by atoms with Crippen LogP contribution in [0.25, 0.3) is 5.52 Å². The van der Waals surface area contributed by atoms with E-state index in [9.17, 15) is 0 Å². The highest BCUT2D eigenvalue weighted by Crippen LogP contribution is 2.27. The zero-order chi connectivity index (χ0) is 22.1. The second-order valence-electron chi connectivity index (χ2n) is 7.98. The number of aliphatic imine (C=N–C) groups is 1. The third-order valence-electron chi connectivity index (χ3n) is 5.46. The molecule has 0 amide bonds. The molecule has 6 nitrogen and oxygen atoms in total. The van der Waals surface area contributed by atoms with E-state index < -0.39 is 0 Å². The topological polar surface area (TPSA) is 60.2 Å². The second kappa shape index (κ2) is 8.65. The Morgan fingerprint density at radius 1 is 1.12 bits per heavy atom. The molecule has 0 fully saturated rings. The molecule has 5 rings (SSSR count). The summed E-state index contributed by atoms with van der Waals surface area (Å²) in [6.07, 6.45) is 2.67. The summed E-state index contributed by atoms with van der Waals surface area (Å²) in [5, 5.41) is 5.24. The molecular formula is C25H23ClN4O2. The highest BCUT2D eigenvalue weighted by Gasteiger charge is 2.22. The molecule has 1 atom stereocenters. The van der Waals surface area contributed by atoms with Gasteiger partial charge in [0.25, 0.3) is 0 Å². The number of aromatic nitrogens is 2. The van der Waals surface area contributed by atoms with Gasteiger partial charge in [-0.25, -0.2) is 10.00 Å². The van der Waals surface area contributed by atoms with Crippen molar-refractivity contribution in [2.24, 2.45) is 4.99 Å². The minimum atomic E-state index is -0.0188. The predicted molar refractivity (Wildman–Crippen MR) is 126 cm³/mol. The van der Waals surface area contributed by atoms with Crippen LogP contribution in [0.5, 0.6) is 11.6 Å². The van der Waals surface area contributed by atoms with Crippen LogP contribution < -0.4 is 10.2 Å². The van der Waals surface area contributed by atoms with Crippen molar-refractivity contribution < 1.29 is 9.57 Å². The van der Waals surface area contributed by atoms with Crippen molar-refractivity contribution in [2.45, 2.75) is 26.3 Å². The number of ether oxygens (including phenoxy) is 1. The lowest BCUT2D eigenvalue weighted by molar-refractivity contribution is 0.0623. The third kappa shape index (κ3) is 4.33. The zero-order valence-electron chi connectivity index (χ0n) is 17.9. The lowest BCUT2D eigenvalue weighted by atomic mass is 9.99. The Bertz CT molecular complexity index is 1310. The fraction of sp³-hybridized carbons (Fsp3) is 0.200. The molecule has 4 aromatic rings. The first-order chi connectivity index (χ1) is 15.5. The molecule has 1 aliphatic heterocycles. The lowest BCUT2D eigenvalue weighted by Crippen LogP contribution is -2.37. The van der Waals surface area contributed by atoms with Crippen molar-refractivity contribution in [3.63, 3.8) is 0 Å². The van der Waals surface area contributed by atoms with E-state index in [0.29, 0.717) is 29.1 Å². The minimum absolute atomic E-state index is 0.0188. The molecule has 2 aromatic carbocycles. The number of amidine groups is 1. The maximum absolute atomic E-state index is 6.13. The van der Waals surface area contributed by atoms with Crippen molar-refractivity contribution in [1.29, 1.82) is 0 Å². The summed E-state index contributed by atoms with van der Waals surface area (Å²) in [4.78, 5) is 10.7. The Labute approximate surface area is 191 Å². The van der Waals surface area contributed by atoms with Gasteiger partial charge in [-0.05, 0) is 67.8 Å². The fourth-order valence-corrected chi connectivity index (χ4v) is 4.03. The maximum atomic E-state index is 6.13.